The molecule has 1 aromatic heterocycles. The monoisotopic (exact) mass is 237 g/mol. The van der Waals surface area contributed by atoms with E-state index in [1.165, 1.54) is 17.8 Å². The molecule has 0 aliphatic carbocycles. The lowest BCUT2D eigenvalue weighted by Gasteiger charge is -2.34. The molecular formula is C11H15N3OS. The maximum absolute atomic E-state index is 12.1. The van der Waals surface area contributed by atoms with Crippen LogP contribution in [0.2, 0.25) is 0 Å². The van der Waals surface area contributed by atoms with Gasteiger partial charge in [-0.25, -0.2) is 4.98 Å². The maximum atomic E-state index is 12.1. The van der Waals surface area contributed by atoms with Gasteiger partial charge in [-0.1, -0.05) is 0 Å². The minimum Gasteiger partial charge on any atom is -0.337 e. The highest BCUT2D eigenvalue weighted by molar-refractivity contribution is 7.07. The number of hydrogen-bond donors (Lipinski definition) is 1. The summed E-state index contributed by atoms with van der Waals surface area (Å²) < 4.78 is 0. The molecule has 0 saturated carbocycles. The van der Waals surface area contributed by atoms with Crippen molar-refractivity contribution in [1.29, 1.82) is 0 Å². The van der Waals surface area contributed by atoms with Gasteiger partial charge in [0.1, 0.15) is 5.69 Å². The first kappa shape index (κ1) is 10.2. The SMILES string of the molecule is O=C(c1cscn1)N1CCC2NCCC2C1. The van der Waals surface area contributed by atoms with Gasteiger partial charge in [0.05, 0.1) is 5.51 Å². The molecule has 2 aliphatic rings. The molecule has 3 heterocycles. The Morgan fingerprint density at radius 3 is 3.31 bits per heavy atom. The zero-order valence-electron chi connectivity index (χ0n) is 9.06. The van der Waals surface area contributed by atoms with Gasteiger partial charge in [0, 0.05) is 24.5 Å². The summed E-state index contributed by atoms with van der Waals surface area (Å²) in [6.45, 7) is 2.87. The third-order valence-electron chi connectivity index (χ3n) is 3.59. The number of rotatable bonds is 1. The fourth-order valence-corrected chi connectivity index (χ4v) is 3.24. The summed E-state index contributed by atoms with van der Waals surface area (Å²) in [6, 6.07) is 0.638. The summed E-state index contributed by atoms with van der Waals surface area (Å²) in [4.78, 5) is 18.1. The fourth-order valence-electron chi connectivity index (χ4n) is 2.71. The van der Waals surface area contributed by atoms with E-state index >= 15 is 0 Å². The Hall–Kier alpha value is -0.940. The number of nitrogens with one attached hydrogen (secondary N) is 1. The van der Waals surface area contributed by atoms with Gasteiger partial charge in [-0.3, -0.25) is 4.79 Å². The van der Waals surface area contributed by atoms with Crippen molar-refractivity contribution in [2.75, 3.05) is 19.6 Å². The van der Waals surface area contributed by atoms with Crippen LogP contribution in [-0.2, 0) is 0 Å². The molecule has 2 fully saturated rings. The first-order valence-corrected chi connectivity index (χ1v) is 6.70. The second-order valence-corrected chi connectivity index (χ2v) is 5.24. The summed E-state index contributed by atoms with van der Waals surface area (Å²) in [5.41, 5.74) is 2.33. The summed E-state index contributed by atoms with van der Waals surface area (Å²) in [7, 11) is 0. The average molecular weight is 237 g/mol. The molecule has 1 amide bonds. The molecule has 86 valence electrons. The number of aromatic nitrogens is 1. The van der Waals surface area contributed by atoms with Crippen molar-refractivity contribution < 1.29 is 4.79 Å². The Labute approximate surface area is 98.7 Å². The van der Waals surface area contributed by atoms with E-state index in [4.69, 9.17) is 0 Å². The van der Waals surface area contributed by atoms with Crippen LogP contribution in [0, 0.1) is 5.92 Å². The van der Waals surface area contributed by atoms with E-state index in [1.807, 2.05) is 10.3 Å². The molecule has 1 aromatic rings. The molecule has 5 heteroatoms. The largest absolute Gasteiger partial charge is 0.337 e. The van der Waals surface area contributed by atoms with Crippen LogP contribution < -0.4 is 5.32 Å². The molecule has 1 N–H and O–H groups in total. The molecule has 16 heavy (non-hydrogen) atoms. The summed E-state index contributed by atoms with van der Waals surface area (Å²) in [5, 5.41) is 5.34. The molecule has 0 aromatic carbocycles. The average Bonchev–Trinajstić information content (AvgIpc) is 2.98. The molecule has 0 bridgehead atoms. The van der Waals surface area contributed by atoms with Crippen molar-refractivity contribution in [3.05, 3.63) is 16.6 Å². The molecule has 4 nitrogen and oxygen atoms in total. The molecule has 3 rings (SSSR count). The Balaban J connectivity index is 1.70. The van der Waals surface area contributed by atoms with Gasteiger partial charge in [0.2, 0.25) is 0 Å². The lowest BCUT2D eigenvalue weighted by Crippen LogP contribution is -2.46. The fraction of sp³-hybridized carbons (Fsp3) is 0.636. The first-order valence-electron chi connectivity index (χ1n) is 5.75. The van der Waals surface area contributed by atoms with Crippen molar-refractivity contribution in [3.63, 3.8) is 0 Å². The number of carbonyl (C=O) groups excluding carboxylic acids is 1. The second kappa shape index (κ2) is 4.14. The third-order valence-corrected chi connectivity index (χ3v) is 4.18. The number of fused-ring (bicyclic) bond motifs is 1. The third kappa shape index (κ3) is 1.74. The molecule has 0 spiro atoms. The van der Waals surface area contributed by atoms with Gasteiger partial charge in [0.15, 0.2) is 0 Å². The Bertz CT molecular complexity index is 379. The smallest absolute Gasteiger partial charge is 0.273 e. The molecule has 2 atom stereocenters. The van der Waals surface area contributed by atoms with Crippen molar-refractivity contribution in [1.82, 2.24) is 15.2 Å². The van der Waals surface area contributed by atoms with Crippen molar-refractivity contribution in [3.8, 4) is 0 Å². The molecule has 2 saturated heterocycles. The van der Waals surface area contributed by atoms with Gasteiger partial charge in [-0.05, 0) is 25.3 Å². The highest BCUT2D eigenvalue weighted by Crippen LogP contribution is 2.25. The van der Waals surface area contributed by atoms with Gasteiger partial charge >= 0.3 is 0 Å². The Morgan fingerprint density at radius 1 is 1.56 bits per heavy atom. The van der Waals surface area contributed by atoms with Crippen LogP contribution in [0.3, 0.4) is 0 Å². The first-order chi connectivity index (χ1) is 7.84. The lowest BCUT2D eigenvalue weighted by atomic mass is 9.93. The van der Waals surface area contributed by atoms with E-state index in [0.717, 1.165) is 26.1 Å². The number of piperidine rings is 1. The number of likely N-dealkylation sites (tertiary alicyclic amines) is 1. The quantitative estimate of drug-likeness (QED) is 0.791. The zero-order chi connectivity index (χ0) is 11.0. The van der Waals surface area contributed by atoms with Gasteiger partial charge in [0.25, 0.3) is 5.91 Å². The minimum atomic E-state index is 0.103. The van der Waals surface area contributed by atoms with Crippen molar-refractivity contribution >= 4 is 17.2 Å². The van der Waals surface area contributed by atoms with Gasteiger partial charge < -0.3 is 10.2 Å². The summed E-state index contributed by atoms with van der Waals surface area (Å²) >= 11 is 1.48. The minimum absolute atomic E-state index is 0.103. The van der Waals surface area contributed by atoms with E-state index < -0.39 is 0 Å². The number of amides is 1. The standard InChI is InChI=1S/C11H15N3OS/c15-11(10-6-16-7-13-10)14-4-2-9-8(5-14)1-3-12-9/h6-9,12H,1-5H2. The highest BCUT2D eigenvalue weighted by Gasteiger charge is 2.34. The van der Waals surface area contributed by atoms with Gasteiger partial charge in [-0.2, -0.15) is 0 Å². The van der Waals surface area contributed by atoms with Crippen LogP contribution in [0.25, 0.3) is 0 Å². The Kier molecular flexibility index (Phi) is 2.65. The van der Waals surface area contributed by atoms with Crippen LogP contribution in [0.5, 0.6) is 0 Å². The predicted octanol–water partition coefficient (Wildman–Crippen LogP) is 0.967. The number of thiazole rings is 1. The van der Waals surface area contributed by atoms with Crippen LogP contribution in [0.15, 0.2) is 10.9 Å². The molecule has 2 aliphatic heterocycles. The molecule has 0 radical (unpaired) electrons. The molecular weight excluding hydrogens is 222 g/mol. The van der Waals surface area contributed by atoms with E-state index in [1.54, 1.807) is 5.51 Å². The number of nitrogens with zero attached hydrogens (tertiary/aromatic N) is 2. The van der Waals surface area contributed by atoms with Crippen molar-refractivity contribution in [2.45, 2.75) is 18.9 Å². The predicted molar refractivity (Wildman–Crippen MR) is 62.5 cm³/mol. The van der Waals surface area contributed by atoms with E-state index in [2.05, 4.69) is 10.3 Å². The highest BCUT2D eigenvalue weighted by atomic mass is 32.1. The second-order valence-electron chi connectivity index (χ2n) is 4.52. The van der Waals surface area contributed by atoms with E-state index in [-0.39, 0.29) is 5.91 Å². The number of carbonyl (C=O) groups is 1. The van der Waals surface area contributed by atoms with Crippen molar-refractivity contribution in [2.24, 2.45) is 5.92 Å². The summed E-state index contributed by atoms with van der Waals surface area (Å²) in [6.07, 6.45) is 2.28. The maximum Gasteiger partial charge on any atom is 0.273 e. The van der Waals surface area contributed by atoms with Crippen LogP contribution in [0.1, 0.15) is 23.3 Å². The van der Waals surface area contributed by atoms with Crippen LogP contribution >= 0.6 is 11.3 Å². The normalized spacial score (nSPS) is 29.1. The van der Waals surface area contributed by atoms with Gasteiger partial charge in [-0.15, -0.1) is 11.3 Å². The summed E-state index contributed by atoms with van der Waals surface area (Å²) in [5.74, 6) is 0.753. The van der Waals surface area contributed by atoms with Crippen LogP contribution in [-0.4, -0.2) is 41.5 Å². The lowest BCUT2D eigenvalue weighted by molar-refractivity contribution is 0.0657. The molecule has 2 unspecified atom stereocenters. The van der Waals surface area contributed by atoms with E-state index in [9.17, 15) is 4.79 Å². The number of hydrogen-bond acceptors (Lipinski definition) is 4. The Morgan fingerprint density at radius 2 is 2.50 bits per heavy atom. The van der Waals surface area contributed by atoms with E-state index in [0.29, 0.717) is 17.7 Å². The topological polar surface area (TPSA) is 45.2 Å². The van der Waals surface area contributed by atoms with Crippen LogP contribution in [0.4, 0.5) is 0 Å². The zero-order valence-corrected chi connectivity index (χ0v) is 9.87.